The van der Waals surface area contributed by atoms with E-state index in [1.165, 1.54) is 6.07 Å². The average Bonchev–Trinajstić information content (AvgIpc) is 2.13. The van der Waals surface area contributed by atoms with Gasteiger partial charge in [-0.3, -0.25) is 0 Å². The molecule has 0 saturated carbocycles. The predicted octanol–water partition coefficient (Wildman–Crippen LogP) is 3.50. The van der Waals surface area contributed by atoms with Crippen LogP contribution in [0.3, 0.4) is 0 Å². The Balaban J connectivity index is 3.69. The molecule has 0 heterocycles. The highest BCUT2D eigenvalue weighted by Crippen LogP contribution is 2.32. The van der Waals surface area contributed by atoms with Crippen molar-refractivity contribution in [1.29, 1.82) is 5.26 Å². The molecule has 1 rings (SSSR count). The van der Waals surface area contributed by atoms with Crippen LogP contribution < -0.4 is 0 Å². The van der Waals surface area contributed by atoms with Gasteiger partial charge in [0.25, 0.3) is 0 Å². The largest absolute Gasteiger partial charge is 0.202 e. The Morgan fingerprint density at radius 3 is 1.92 bits per heavy atom. The van der Waals surface area contributed by atoms with Crippen LogP contribution in [0.1, 0.15) is 5.56 Å². The van der Waals surface area contributed by atoms with Gasteiger partial charge in [0.2, 0.25) is 0 Å². The number of rotatable bonds is 0. The van der Waals surface area contributed by atoms with E-state index in [1.807, 2.05) is 0 Å². The van der Waals surface area contributed by atoms with Crippen molar-refractivity contribution in [3.05, 3.63) is 32.0 Å². The highest BCUT2D eigenvalue weighted by Gasteiger charge is 2.21. The SMILES string of the molecule is N#Cc1c(F)c(F)c(F)c(Br)c1Br. The number of nitrogens with zero attached hydrogens (tertiary/aromatic N) is 1. The summed E-state index contributed by atoms with van der Waals surface area (Å²) in [5, 5.41) is 8.41. The fourth-order valence-corrected chi connectivity index (χ4v) is 1.51. The summed E-state index contributed by atoms with van der Waals surface area (Å²) in [6.07, 6.45) is 0. The molecule has 68 valence electrons. The number of hydrogen-bond acceptors (Lipinski definition) is 1. The molecule has 0 unspecified atom stereocenters. The molecule has 0 aliphatic heterocycles. The standard InChI is InChI=1S/C7Br2F3N/c8-3-2(1-13)5(10)7(12)6(11)4(3)9. The van der Waals surface area contributed by atoms with E-state index in [9.17, 15) is 13.2 Å². The molecule has 0 aliphatic rings. The van der Waals surface area contributed by atoms with Gasteiger partial charge in [-0.1, -0.05) is 0 Å². The summed E-state index contributed by atoms with van der Waals surface area (Å²) >= 11 is 5.44. The Kier molecular flexibility index (Phi) is 2.98. The molecular formula is C7Br2F3N. The van der Waals surface area contributed by atoms with Crippen LogP contribution in [-0.4, -0.2) is 0 Å². The number of benzene rings is 1. The van der Waals surface area contributed by atoms with Crippen molar-refractivity contribution in [3.63, 3.8) is 0 Å². The zero-order valence-corrected chi connectivity index (χ0v) is 9.01. The molecule has 0 radical (unpaired) electrons. The number of halogens is 5. The quantitative estimate of drug-likeness (QED) is 0.531. The second-order valence-corrected chi connectivity index (χ2v) is 3.64. The lowest BCUT2D eigenvalue weighted by molar-refractivity contribution is 0.441. The molecule has 0 amide bonds. The third-order valence-corrected chi connectivity index (χ3v) is 3.39. The molecule has 1 aromatic carbocycles. The molecule has 0 fully saturated rings. The topological polar surface area (TPSA) is 23.8 Å². The van der Waals surface area contributed by atoms with Crippen LogP contribution >= 0.6 is 31.9 Å². The first-order valence-electron chi connectivity index (χ1n) is 2.92. The molecule has 0 aliphatic carbocycles. The van der Waals surface area contributed by atoms with E-state index in [4.69, 9.17) is 5.26 Å². The minimum Gasteiger partial charge on any atom is -0.202 e. The van der Waals surface area contributed by atoms with Crippen LogP contribution in [0.5, 0.6) is 0 Å². The molecule has 0 bridgehead atoms. The summed E-state index contributed by atoms with van der Waals surface area (Å²) in [5.74, 6) is -4.51. The van der Waals surface area contributed by atoms with E-state index in [0.717, 1.165) is 0 Å². The smallest absolute Gasteiger partial charge is 0.197 e. The van der Waals surface area contributed by atoms with Crippen LogP contribution in [0.4, 0.5) is 13.2 Å². The molecule has 0 spiro atoms. The number of hydrogen-bond donors (Lipinski definition) is 0. The van der Waals surface area contributed by atoms with E-state index in [-0.39, 0.29) is 8.95 Å². The summed E-state index contributed by atoms with van der Waals surface area (Å²) in [5.41, 5.74) is -0.564. The fourth-order valence-electron chi connectivity index (χ4n) is 0.703. The Morgan fingerprint density at radius 1 is 0.923 bits per heavy atom. The molecule has 6 heteroatoms. The van der Waals surface area contributed by atoms with E-state index < -0.39 is 23.0 Å². The third-order valence-electron chi connectivity index (χ3n) is 1.32. The van der Waals surface area contributed by atoms with Gasteiger partial charge in [-0.05, 0) is 31.9 Å². The Labute approximate surface area is 88.4 Å². The molecule has 13 heavy (non-hydrogen) atoms. The van der Waals surface area contributed by atoms with Crippen LogP contribution in [0, 0.1) is 28.8 Å². The third kappa shape index (κ3) is 1.58. The normalized spacial score (nSPS) is 9.85. The maximum absolute atomic E-state index is 12.8. The van der Waals surface area contributed by atoms with Crippen LogP contribution in [0.2, 0.25) is 0 Å². The van der Waals surface area contributed by atoms with Crippen molar-refractivity contribution in [2.45, 2.75) is 0 Å². The van der Waals surface area contributed by atoms with Gasteiger partial charge in [-0.2, -0.15) is 5.26 Å². The highest BCUT2D eigenvalue weighted by atomic mass is 79.9. The van der Waals surface area contributed by atoms with Crippen molar-refractivity contribution >= 4 is 31.9 Å². The van der Waals surface area contributed by atoms with Crippen LogP contribution in [0.15, 0.2) is 8.95 Å². The van der Waals surface area contributed by atoms with Gasteiger partial charge >= 0.3 is 0 Å². The van der Waals surface area contributed by atoms with Gasteiger partial charge in [0.05, 0.1) is 8.95 Å². The zero-order valence-electron chi connectivity index (χ0n) is 5.84. The van der Waals surface area contributed by atoms with Gasteiger partial charge in [0, 0.05) is 0 Å². The second kappa shape index (κ2) is 3.68. The Hall–Kier alpha value is -0.540. The average molecular weight is 315 g/mol. The maximum atomic E-state index is 12.8. The van der Waals surface area contributed by atoms with Crippen LogP contribution in [-0.2, 0) is 0 Å². The monoisotopic (exact) mass is 313 g/mol. The van der Waals surface area contributed by atoms with E-state index >= 15 is 0 Å². The second-order valence-electron chi connectivity index (χ2n) is 2.06. The predicted molar refractivity (Wildman–Crippen MR) is 46.4 cm³/mol. The maximum Gasteiger partial charge on any atom is 0.197 e. The Morgan fingerprint density at radius 2 is 1.46 bits per heavy atom. The summed E-state index contributed by atoms with van der Waals surface area (Å²) in [7, 11) is 0. The van der Waals surface area contributed by atoms with E-state index in [1.54, 1.807) is 0 Å². The first kappa shape index (κ1) is 10.5. The van der Waals surface area contributed by atoms with Gasteiger partial charge in [0.15, 0.2) is 17.5 Å². The molecule has 0 saturated heterocycles. The first-order valence-corrected chi connectivity index (χ1v) is 4.50. The zero-order chi connectivity index (χ0) is 10.2. The van der Waals surface area contributed by atoms with Gasteiger partial charge in [0.1, 0.15) is 11.6 Å². The van der Waals surface area contributed by atoms with Crippen molar-refractivity contribution in [2.24, 2.45) is 0 Å². The van der Waals surface area contributed by atoms with Crippen LogP contribution in [0.25, 0.3) is 0 Å². The summed E-state index contributed by atoms with van der Waals surface area (Å²) in [6.45, 7) is 0. The van der Waals surface area contributed by atoms with E-state index in [0.29, 0.717) is 0 Å². The lowest BCUT2D eigenvalue weighted by Crippen LogP contribution is -1.98. The minimum atomic E-state index is -1.66. The fraction of sp³-hybridized carbons (Fsp3) is 0. The summed E-state index contributed by atoms with van der Waals surface area (Å²) < 4.78 is 37.8. The molecule has 0 aromatic heterocycles. The van der Waals surface area contributed by atoms with Gasteiger partial charge in [-0.25, -0.2) is 13.2 Å². The lowest BCUT2D eigenvalue weighted by atomic mass is 10.2. The van der Waals surface area contributed by atoms with E-state index in [2.05, 4.69) is 31.9 Å². The minimum absolute atomic E-state index is 0.133. The molecule has 1 nitrogen and oxygen atoms in total. The summed E-state index contributed by atoms with van der Waals surface area (Å²) in [4.78, 5) is 0. The van der Waals surface area contributed by atoms with Gasteiger partial charge in [-0.15, -0.1) is 0 Å². The van der Waals surface area contributed by atoms with Crippen molar-refractivity contribution < 1.29 is 13.2 Å². The molecular weight excluding hydrogens is 315 g/mol. The lowest BCUT2D eigenvalue weighted by Gasteiger charge is -2.03. The van der Waals surface area contributed by atoms with Crippen molar-refractivity contribution in [1.82, 2.24) is 0 Å². The number of nitriles is 1. The summed E-state index contributed by atoms with van der Waals surface area (Å²) in [6, 6.07) is 1.41. The molecule has 1 aromatic rings. The molecule has 0 N–H and O–H groups in total. The molecule has 0 atom stereocenters. The van der Waals surface area contributed by atoms with Crippen molar-refractivity contribution in [2.75, 3.05) is 0 Å². The first-order chi connectivity index (χ1) is 6.00. The Bertz CT molecular complexity index is 382. The highest BCUT2D eigenvalue weighted by molar-refractivity contribution is 9.13. The van der Waals surface area contributed by atoms with Crippen molar-refractivity contribution in [3.8, 4) is 6.07 Å². The van der Waals surface area contributed by atoms with Gasteiger partial charge < -0.3 is 0 Å².